The molecule has 20 heavy (non-hydrogen) atoms. The first-order chi connectivity index (χ1) is 9.79. The van der Waals surface area contributed by atoms with Gasteiger partial charge in [-0.1, -0.05) is 47.6 Å². The monoisotopic (exact) mass is 264 g/mol. The van der Waals surface area contributed by atoms with Crippen molar-refractivity contribution in [3.63, 3.8) is 0 Å². The van der Waals surface area contributed by atoms with Crippen molar-refractivity contribution < 1.29 is 4.79 Å². The molecule has 1 heterocycles. The summed E-state index contributed by atoms with van der Waals surface area (Å²) in [6.07, 6.45) is 0. The van der Waals surface area contributed by atoms with Crippen molar-refractivity contribution in [2.75, 3.05) is 6.54 Å². The largest absolute Gasteiger partial charge is 0.327 e. The number of azide groups is 1. The SMILES string of the molecule is [N-]=[N+]=Nc1ccc(C(=O)N2CC2c2ccccc2)cc1. The minimum atomic E-state index is 0.00587. The Morgan fingerprint density at radius 1 is 1.15 bits per heavy atom. The second kappa shape index (κ2) is 5.07. The number of carbonyl (C=O) groups excluding carboxylic acids is 1. The van der Waals surface area contributed by atoms with Crippen LogP contribution in [-0.4, -0.2) is 17.4 Å². The van der Waals surface area contributed by atoms with Crippen LogP contribution in [0.15, 0.2) is 59.7 Å². The topological polar surface area (TPSA) is 68.8 Å². The van der Waals surface area contributed by atoms with Gasteiger partial charge in [0.15, 0.2) is 0 Å². The molecule has 5 nitrogen and oxygen atoms in total. The lowest BCUT2D eigenvalue weighted by atomic mass is 10.1. The fourth-order valence-corrected chi connectivity index (χ4v) is 2.21. The van der Waals surface area contributed by atoms with E-state index in [1.807, 2.05) is 35.2 Å². The minimum absolute atomic E-state index is 0.00587. The zero-order valence-electron chi connectivity index (χ0n) is 10.7. The highest BCUT2D eigenvalue weighted by Crippen LogP contribution is 2.36. The van der Waals surface area contributed by atoms with E-state index in [4.69, 9.17) is 5.53 Å². The maximum absolute atomic E-state index is 12.3. The molecule has 1 amide bonds. The van der Waals surface area contributed by atoms with E-state index in [-0.39, 0.29) is 11.9 Å². The van der Waals surface area contributed by atoms with E-state index in [0.29, 0.717) is 11.3 Å². The molecule has 0 aliphatic carbocycles. The van der Waals surface area contributed by atoms with Crippen LogP contribution in [0.25, 0.3) is 10.4 Å². The van der Waals surface area contributed by atoms with Crippen LogP contribution >= 0.6 is 0 Å². The maximum atomic E-state index is 12.3. The lowest BCUT2D eigenvalue weighted by molar-refractivity contribution is 0.0874. The number of carbonyl (C=O) groups is 1. The quantitative estimate of drug-likeness (QED) is 0.359. The Hall–Kier alpha value is -2.78. The Morgan fingerprint density at radius 3 is 2.50 bits per heavy atom. The highest BCUT2D eigenvalue weighted by molar-refractivity contribution is 5.96. The van der Waals surface area contributed by atoms with Crippen molar-refractivity contribution in [2.24, 2.45) is 5.11 Å². The minimum Gasteiger partial charge on any atom is -0.327 e. The Labute approximate surface area is 116 Å². The van der Waals surface area contributed by atoms with E-state index in [1.165, 1.54) is 0 Å². The van der Waals surface area contributed by atoms with Crippen LogP contribution in [0.1, 0.15) is 22.0 Å². The summed E-state index contributed by atoms with van der Waals surface area (Å²) in [6, 6.07) is 16.8. The number of amides is 1. The molecule has 3 rings (SSSR count). The van der Waals surface area contributed by atoms with Gasteiger partial charge in [-0.3, -0.25) is 4.79 Å². The van der Waals surface area contributed by atoms with E-state index >= 15 is 0 Å². The van der Waals surface area contributed by atoms with Gasteiger partial charge in [-0.05, 0) is 23.2 Å². The summed E-state index contributed by atoms with van der Waals surface area (Å²) in [7, 11) is 0. The molecule has 5 heteroatoms. The van der Waals surface area contributed by atoms with Crippen LogP contribution in [0.4, 0.5) is 5.69 Å². The highest BCUT2D eigenvalue weighted by Gasteiger charge is 2.39. The Balaban J connectivity index is 1.73. The fraction of sp³-hybridized carbons (Fsp3) is 0.133. The van der Waals surface area contributed by atoms with Gasteiger partial charge in [0, 0.05) is 22.7 Å². The van der Waals surface area contributed by atoms with E-state index in [0.717, 1.165) is 12.1 Å². The zero-order chi connectivity index (χ0) is 13.9. The van der Waals surface area contributed by atoms with Gasteiger partial charge in [-0.15, -0.1) is 0 Å². The van der Waals surface area contributed by atoms with Crippen molar-refractivity contribution in [1.82, 2.24) is 4.90 Å². The number of hydrogen-bond acceptors (Lipinski definition) is 2. The number of benzene rings is 2. The zero-order valence-corrected chi connectivity index (χ0v) is 10.7. The molecule has 0 saturated carbocycles. The van der Waals surface area contributed by atoms with Crippen LogP contribution in [0.5, 0.6) is 0 Å². The average molecular weight is 264 g/mol. The molecule has 0 bridgehead atoms. The van der Waals surface area contributed by atoms with Crippen LogP contribution in [0.2, 0.25) is 0 Å². The summed E-state index contributed by atoms with van der Waals surface area (Å²) in [5, 5.41) is 3.49. The van der Waals surface area contributed by atoms with Crippen LogP contribution < -0.4 is 0 Å². The summed E-state index contributed by atoms with van der Waals surface area (Å²) in [6.45, 7) is 0.751. The van der Waals surface area contributed by atoms with Crippen molar-refractivity contribution in [3.8, 4) is 0 Å². The lowest BCUT2D eigenvalue weighted by Crippen LogP contribution is -2.11. The summed E-state index contributed by atoms with van der Waals surface area (Å²) >= 11 is 0. The van der Waals surface area contributed by atoms with Gasteiger partial charge < -0.3 is 4.90 Å². The second-order valence-electron chi connectivity index (χ2n) is 4.62. The van der Waals surface area contributed by atoms with Gasteiger partial charge in [0.2, 0.25) is 0 Å². The number of nitrogens with zero attached hydrogens (tertiary/aromatic N) is 4. The van der Waals surface area contributed by atoms with Crippen molar-refractivity contribution in [2.45, 2.75) is 6.04 Å². The fourth-order valence-electron chi connectivity index (χ4n) is 2.21. The molecule has 0 N–H and O–H groups in total. The molecule has 1 fully saturated rings. The lowest BCUT2D eigenvalue weighted by Gasteiger charge is -2.05. The van der Waals surface area contributed by atoms with Gasteiger partial charge in [0.25, 0.3) is 5.91 Å². The van der Waals surface area contributed by atoms with E-state index in [1.54, 1.807) is 24.3 Å². The third-order valence-corrected chi connectivity index (χ3v) is 3.33. The highest BCUT2D eigenvalue weighted by atomic mass is 16.2. The second-order valence-corrected chi connectivity index (χ2v) is 4.62. The molecule has 2 aromatic carbocycles. The summed E-state index contributed by atoms with van der Waals surface area (Å²) < 4.78 is 0. The van der Waals surface area contributed by atoms with Crippen molar-refractivity contribution in [3.05, 3.63) is 76.2 Å². The smallest absolute Gasteiger partial charge is 0.254 e. The van der Waals surface area contributed by atoms with E-state index in [2.05, 4.69) is 10.0 Å². The molecule has 1 unspecified atom stereocenters. The van der Waals surface area contributed by atoms with Gasteiger partial charge in [-0.2, -0.15) is 0 Å². The molecule has 98 valence electrons. The Morgan fingerprint density at radius 2 is 1.85 bits per heavy atom. The molecule has 0 spiro atoms. The molecular formula is C15H12N4O. The molecule has 1 aliphatic heterocycles. The molecule has 1 aliphatic rings. The van der Waals surface area contributed by atoms with Gasteiger partial charge in [0.05, 0.1) is 6.04 Å². The van der Waals surface area contributed by atoms with Crippen LogP contribution in [-0.2, 0) is 0 Å². The molecule has 1 atom stereocenters. The molecular weight excluding hydrogens is 252 g/mol. The van der Waals surface area contributed by atoms with Gasteiger partial charge in [0.1, 0.15) is 0 Å². The molecule has 1 saturated heterocycles. The van der Waals surface area contributed by atoms with Crippen molar-refractivity contribution >= 4 is 11.6 Å². The Kier molecular flexibility index (Phi) is 3.11. The molecule has 0 radical (unpaired) electrons. The number of hydrogen-bond donors (Lipinski definition) is 0. The van der Waals surface area contributed by atoms with Crippen LogP contribution in [0.3, 0.4) is 0 Å². The maximum Gasteiger partial charge on any atom is 0.254 e. The van der Waals surface area contributed by atoms with E-state index in [9.17, 15) is 4.79 Å². The first kappa shape index (κ1) is 12.3. The normalized spacial score (nSPS) is 16.4. The summed E-state index contributed by atoms with van der Waals surface area (Å²) in [5.74, 6) is 0.00587. The third-order valence-electron chi connectivity index (χ3n) is 3.33. The number of rotatable bonds is 3. The average Bonchev–Trinajstić information content (AvgIpc) is 3.29. The first-order valence-corrected chi connectivity index (χ1v) is 6.30. The van der Waals surface area contributed by atoms with E-state index < -0.39 is 0 Å². The standard InChI is InChI=1S/C15H12N4O/c16-18-17-13-8-6-12(7-9-13)15(20)19-10-14(19)11-4-2-1-3-5-11/h1-9,14H,10H2. The first-order valence-electron chi connectivity index (χ1n) is 6.30. The van der Waals surface area contributed by atoms with Gasteiger partial charge in [-0.25, -0.2) is 0 Å². The third kappa shape index (κ3) is 2.35. The van der Waals surface area contributed by atoms with Crippen molar-refractivity contribution in [1.29, 1.82) is 0 Å². The summed E-state index contributed by atoms with van der Waals surface area (Å²) in [5.41, 5.74) is 10.6. The predicted molar refractivity (Wildman–Crippen MR) is 75.5 cm³/mol. The molecule has 0 aromatic heterocycles. The van der Waals surface area contributed by atoms with Gasteiger partial charge >= 0.3 is 0 Å². The summed E-state index contributed by atoms with van der Waals surface area (Å²) in [4.78, 5) is 16.8. The molecule has 2 aromatic rings. The predicted octanol–water partition coefficient (Wildman–Crippen LogP) is 3.83. The Bertz CT molecular complexity index is 675. The van der Waals surface area contributed by atoms with Crippen LogP contribution in [0, 0.1) is 0 Å².